The van der Waals surface area contributed by atoms with Crippen LogP contribution in [0.1, 0.15) is 20.8 Å². The standard InChI is InChI=1S/C16H18O12Si/c1-16(2,3)29(26-13(23)7-4-10(17)18,27-14(24)8-5-11(19)20)28-15(25)9-6-12(21)22/h4-9H,1-3H3,(H,17,18)(H,19,20)(H,21,22)/b7-4+,8-5+,9-6+. The predicted octanol–water partition coefficient (Wildman–Crippen LogP) is 0.277. The maximum atomic E-state index is 12.0. The van der Waals surface area contributed by atoms with Crippen LogP contribution in [-0.2, 0) is 42.0 Å². The molecule has 0 spiro atoms. The van der Waals surface area contributed by atoms with Gasteiger partial charge in [-0.2, -0.15) is 0 Å². The minimum atomic E-state index is -4.68. The van der Waals surface area contributed by atoms with E-state index >= 15 is 0 Å². The van der Waals surface area contributed by atoms with E-state index in [0.717, 1.165) is 0 Å². The van der Waals surface area contributed by atoms with Crippen LogP contribution in [0.3, 0.4) is 0 Å². The van der Waals surface area contributed by atoms with Crippen LogP contribution in [0.15, 0.2) is 36.5 Å². The second-order valence-electron chi connectivity index (χ2n) is 6.08. The average Bonchev–Trinajstić information content (AvgIpc) is 2.55. The first-order valence-electron chi connectivity index (χ1n) is 7.60. The zero-order valence-corrected chi connectivity index (χ0v) is 16.5. The average molecular weight is 430 g/mol. The summed E-state index contributed by atoms with van der Waals surface area (Å²) < 4.78 is 15.0. The molecule has 0 aliphatic heterocycles. The second kappa shape index (κ2) is 10.6. The van der Waals surface area contributed by atoms with Crippen molar-refractivity contribution in [3.8, 4) is 0 Å². The molecule has 0 unspecified atom stereocenters. The Hall–Kier alpha value is -3.74. The normalized spacial score (nSPS) is 12.1. The molecule has 12 nitrogen and oxygen atoms in total. The van der Waals surface area contributed by atoms with Gasteiger partial charge in [0.2, 0.25) is 0 Å². The van der Waals surface area contributed by atoms with Crippen molar-refractivity contribution in [3.05, 3.63) is 36.5 Å². The van der Waals surface area contributed by atoms with Crippen LogP contribution in [0.25, 0.3) is 0 Å². The van der Waals surface area contributed by atoms with E-state index < -0.39 is 49.7 Å². The Kier molecular flexibility index (Phi) is 9.19. The molecule has 0 atom stereocenters. The van der Waals surface area contributed by atoms with Crippen molar-refractivity contribution in [1.29, 1.82) is 0 Å². The zero-order chi connectivity index (χ0) is 22.8. The highest BCUT2D eigenvalue weighted by atomic mass is 28.4. The van der Waals surface area contributed by atoms with E-state index in [1.165, 1.54) is 20.8 Å². The molecular weight excluding hydrogens is 412 g/mol. The molecule has 0 fully saturated rings. The third-order valence-corrected chi connectivity index (χ3v) is 5.96. The molecule has 0 heterocycles. The topological polar surface area (TPSA) is 191 Å². The highest BCUT2D eigenvalue weighted by Crippen LogP contribution is 2.39. The molecule has 3 N–H and O–H groups in total. The van der Waals surface area contributed by atoms with Crippen molar-refractivity contribution in [2.24, 2.45) is 0 Å². The van der Waals surface area contributed by atoms with E-state index in [4.69, 9.17) is 28.6 Å². The van der Waals surface area contributed by atoms with Gasteiger partial charge in [-0.25, -0.2) is 28.8 Å². The summed E-state index contributed by atoms with van der Waals surface area (Å²) in [5.41, 5.74) is 0. The Bertz CT molecular complexity index is 691. The van der Waals surface area contributed by atoms with Gasteiger partial charge in [0, 0.05) is 36.5 Å². The van der Waals surface area contributed by atoms with E-state index in [-0.39, 0.29) is 0 Å². The Morgan fingerprint density at radius 3 is 1.00 bits per heavy atom. The lowest BCUT2D eigenvalue weighted by Gasteiger charge is -2.35. The molecule has 158 valence electrons. The fraction of sp³-hybridized carbons (Fsp3) is 0.250. The summed E-state index contributed by atoms with van der Waals surface area (Å²) in [6, 6.07) is 0. The number of rotatable bonds is 9. The monoisotopic (exact) mass is 430 g/mol. The van der Waals surface area contributed by atoms with Crippen molar-refractivity contribution in [3.63, 3.8) is 0 Å². The van der Waals surface area contributed by atoms with Crippen LogP contribution in [0, 0.1) is 0 Å². The summed E-state index contributed by atoms with van der Waals surface area (Å²) in [6.45, 7) is 4.07. The number of hydrogen-bond donors (Lipinski definition) is 3. The molecule has 0 aromatic rings. The maximum absolute atomic E-state index is 12.0. The molecule has 0 rings (SSSR count). The summed E-state index contributed by atoms with van der Waals surface area (Å²) in [6.07, 6.45) is 2.67. The van der Waals surface area contributed by atoms with Gasteiger partial charge in [0.1, 0.15) is 0 Å². The second-order valence-corrected chi connectivity index (χ2v) is 9.31. The number of carbonyl (C=O) groups is 6. The first-order valence-corrected chi connectivity index (χ1v) is 9.33. The quantitative estimate of drug-likeness (QED) is 0.335. The van der Waals surface area contributed by atoms with Gasteiger partial charge in [-0.3, -0.25) is 0 Å². The number of carboxylic acids is 3. The Morgan fingerprint density at radius 1 is 0.586 bits per heavy atom. The lowest BCUT2D eigenvalue weighted by atomic mass is 10.3. The van der Waals surface area contributed by atoms with Gasteiger partial charge >= 0.3 is 44.6 Å². The van der Waals surface area contributed by atoms with Gasteiger partial charge < -0.3 is 28.6 Å². The first kappa shape index (κ1) is 25.3. The molecule has 29 heavy (non-hydrogen) atoms. The van der Waals surface area contributed by atoms with Gasteiger partial charge in [-0.1, -0.05) is 20.8 Å². The molecule has 0 amide bonds. The van der Waals surface area contributed by atoms with Gasteiger partial charge in [0.25, 0.3) is 0 Å². The largest absolute Gasteiger partial charge is 0.711 e. The molecule has 0 aromatic heterocycles. The number of hydrogen-bond acceptors (Lipinski definition) is 9. The molecular formula is C16H18O12Si. The molecule has 0 bridgehead atoms. The van der Waals surface area contributed by atoms with Crippen LogP contribution < -0.4 is 0 Å². The summed E-state index contributed by atoms with van der Waals surface area (Å²) in [4.78, 5) is 67.5. The summed E-state index contributed by atoms with van der Waals surface area (Å²) in [5.74, 6) is -8.48. The van der Waals surface area contributed by atoms with E-state index in [1.54, 1.807) is 0 Å². The molecule has 0 radical (unpaired) electrons. The molecule has 0 aromatic carbocycles. The highest BCUT2D eigenvalue weighted by Gasteiger charge is 2.63. The van der Waals surface area contributed by atoms with Crippen LogP contribution in [0.4, 0.5) is 0 Å². The van der Waals surface area contributed by atoms with E-state index in [1.807, 2.05) is 0 Å². The van der Waals surface area contributed by atoms with Crippen molar-refractivity contribution < 1.29 is 57.4 Å². The smallest absolute Gasteiger partial charge is 0.478 e. The van der Waals surface area contributed by atoms with Gasteiger partial charge in [-0.15, -0.1) is 0 Å². The predicted molar refractivity (Wildman–Crippen MR) is 94.1 cm³/mol. The third-order valence-electron chi connectivity index (χ3n) is 2.71. The Balaban J connectivity index is 6.08. The fourth-order valence-corrected chi connectivity index (χ4v) is 3.48. The van der Waals surface area contributed by atoms with Crippen molar-refractivity contribution in [2.75, 3.05) is 0 Å². The van der Waals surface area contributed by atoms with Gasteiger partial charge in [0.15, 0.2) is 0 Å². The molecule has 0 saturated carbocycles. The third kappa shape index (κ3) is 9.67. The van der Waals surface area contributed by atoms with Crippen molar-refractivity contribution >= 4 is 44.6 Å². The SMILES string of the molecule is CC(C)(C)[Si](OC(=O)/C=C/C(=O)O)(OC(=O)/C=C/C(=O)O)OC(=O)/C=C/C(=O)O. The maximum Gasteiger partial charge on any atom is 0.711 e. The fourth-order valence-electron chi connectivity index (χ4n) is 1.44. The first-order chi connectivity index (χ1) is 13.2. The number of carbonyl (C=O) groups excluding carboxylic acids is 3. The van der Waals surface area contributed by atoms with Gasteiger partial charge in [-0.05, 0) is 0 Å². The molecule has 0 aliphatic carbocycles. The van der Waals surface area contributed by atoms with E-state index in [9.17, 15) is 28.8 Å². The van der Waals surface area contributed by atoms with Crippen LogP contribution >= 0.6 is 0 Å². The number of aliphatic carboxylic acids is 3. The van der Waals surface area contributed by atoms with E-state index in [0.29, 0.717) is 36.5 Å². The molecule has 0 aliphatic rings. The van der Waals surface area contributed by atoms with Crippen LogP contribution in [0.2, 0.25) is 5.04 Å². The van der Waals surface area contributed by atoms with Crippen LogP contribution in [0.5, 0.6) is 0 Å². The number of carboxylic acid groups (broad SMARTS) is 3. The van der Waals surface area contributed by atoms with Crippen molar-refractivity contribution in [2.45, 2.75) is 25.8 Å². The Morgan fingerprint density at radius 2 is 0.828 bits per heavy atom. The summed E-state index contributed by atoms with van der Waals surface area (Å²) >= 11 is 0. The molecule has 13 heteroatoms. The van der Waals surface area contributed by atoms with E-state index in [2.05, 4.69) is 0 Å². The van der Waals surface area contributed by atoms with Crippen molar-refractivity contribution in [1.82, 2.24) is 0 Å². The lowest BCUT2D eigenvalue weighted by molar-refractivity contribution is -0.147. The summed E-state index contributed by atoms with van der Waals surface area (Å²) in [7, 11) is -4.68. The van der Waals surface area contributed by atoms with Crippen LogP contribution in [-0.4, -0.2) is 59.9 Å². The molecule has 0 saturated heterocycles. The highest BCUT2D eigenvalue weighted by molar-refractivity contribution is 6.69. The zero-order valence-electron chi connectivity index (χ0n) is 15.5. The Labute approximate surface area is 165 Å². The summed E-state index contributed by atoms with van der Waals surface area (Å²) in [5, 5.41) is 24.4. The minimum Gasteiger partial charge on any atom is -0.478 e. The van der Waals surface area contributed by atoms with Gasteiger partial charge in [0.05, 0.1) is 5.04 Å². The lowest BCUT2D eigenvalue weighted by Crippen LogP contribution is -2.56. The minimum absolute atomic E-state index is 0.419.